The fourth-order valence-electron chi connectivity index (χ4n) is 3.52. The van der Waals surface area contributed by atoms with Crippen LogP contribution in [0.4, 0.5) is 0 Å². The molecule has 1 rings (SSSR count). The lowest BCUT2D eigenvalue weighted by molar-refractivity contribution is -0.190. The summed E-state index contributed by atoms with van der Waals surface area (Å²) in [7, 11) is 4.80. The molecule has 204 valence electrons. The molecule has 34 heavy (non-hydrogen) atoms. The van der Waals surface area contributed by atoms with E-state index in [1.165, 1.54) is 44.9 Å². The van der Waals surface area contributed by atoms with Gasteiger partial charge < -0.3 is 42.6 Å². The zero-order chi connectivity index (χ0) is 24.7. The summed E-state index contributed by atoms with van der Waals surface area (Å²) >= 11 is 0. The van der Waals surface area contributed by atoms with Gasteiger partial charge in [0, 0.05) is 21.3 Å². The number of ether oxygens (including phenoxy) is 9. The summed E-state index contributed by atoms with van der Waals surface area (Å²) in [6.45, 7) is 5.20. The van der Waals surface area contributed by atoms with Gasteiger partial charge in [0.05, 0.1) is 39.1 Å². The molecule has 0 saturated carbocycles. The molecule has 1 aliphatic rings. The van der Waals surface area contributed by atoms with Crippen molar-refractivity contribution in [2.45, 2.75) is 89.1 Å². The molecule has 0 radical (unpaired) electrons. The summed E-state index contributed by atoms with van der Waals surface area (Å²) in [6.07, 6.45) is 10.6. The third kappa shape index (κ3) is 18.0. The van der Waals surface area contributed by atoms with E-state index in [0.717, 1.165) is 19.4 Å². The molecule has 0 aromatic carbocycles. The average Bonchev–Trinajstić information content (AvgIpc) is 3.67. The fraction of sp³-hybridized carbons (Fsp3) is 1.00. The van der Waals surface area contributed by atoms with E-state index >= 15 is 0 Å². The maximum Gasteiger partial charge on any atom is 0.146 e. The molecule has 1 heterocycles. The van der Waals surface area contributed by atoms with Crippen molar-refractivity contribution in [3.63, 3.8) is 0 Å². The van der Waals surface area contributed by atoms with Crippen LogP contribution >= 0.6 is 0 Å². The van der Waals surface area contributed by atoms with Crippen LogP contribution in [-0.4, -0.2) is 99.2 Å². The topological polar surface area (TPSA) is 86.4 Å². The van der Waals surface area contributed by atoms with Crippen molar-refractivity contribution in [1.82, 2.24) is 0 Å². The Morgan fingerprint density at radius 3 is 1.76 bits per heavy atom. The van der Waals surface area contributed by atoms with Crippen LogP contribution in [0.25, 0.3) is 0 Å². The summed E-state index contributed by atoms with van der Waals surface area (Å²) in [5, 5.41) is 0. The predicted molar refractivity (Wildman–Crippen MR) is 129 cm³/mol. The van der Waals surface area contributed by atoms with Crippen LogP contribution in [0.15, 0.2) is 0 Å². The van der Waals surface area contributed by atoms with Gasteiger partial charge in [0.2, 0.25) is 0 Å². The monoisotopic (exact) mass is 494 g/mol. The van der Waals surface area contributed by atoms with E-state index in [0.29, 0.717) is 26.4 Å². The molecule has 4 atom stereocenters. The molecule has 0 bridgehead atoms. The summed E-state index contributed by atoms with van der Waals surface area (Å²) in [4.78, 5) is 0. The molecule has 9 nitrogen and oxygen atoms in total. The molecule has 0 unspecified atom stereocenters. The Bertz CT molecular complexity index is 423. The largest absolute Gasteiger partial charge is 0.376 e. The van der Waals surface area contributed by atoms with Crippen LogP contribution in [0.5, 0.6) is 0 Å². The Morgan fingerprint density at radius 2 is 1.21 bits per heavy atom. The highest BCUT2D eigenvalue weighted by molar-refractivity contribution is 4.73. The Hall–Kier alpha value is -0.360. The SMILES string of the molecule is CCCCCCCCCC[C@@H](COC[C@@H](OCOC)[C@@H](COC[C@H]1CO1)OCOC)OCOC. The van der Waals surface area contributed by atoms with Gasteiger partial charge in [-0.3, -0.25) is 0 Å². The van der Waals surface area contributed by atoms with Gasteiger partial charge in [-0.25, -0.2) is 0 Å². The van der Waals surface area contributed by atoms with Crippen molar-refractivity contribution >= 4 is 0 Å². The standard InChI is InChI=1S/C25H50O9/c1-5-6-7-8-9-10-11-12-13-22(32-19-26-2)14-29-17-24(33-20-27-3)25(34-21-28-4)18-30-15-23-16-31-23/h22-25H,5-21H2,1-4H3/t22-,23-,24+,25+/m0/s1. The second-order valence-corrected chi connectivity index (χ2v) is 8.71. The molecule has 0 spiro atoms. The minimum atomic E-state index is -0.374. The maximum absolute atomic E-state index is 6.01. The minimum Gasteiger partial charge on any atom is -0.376 e. The Balaban J connectivity index is 2.40. The Labute approximate surface area is 207 Å². The van der Waals surface area contributed by atoms with Gasteiger partial charge in [-0.05, 0) is 6.42 Å². The summed E-state index contributed by atoms with van der Waals surface area (Å²) < 4.78 is 49.7. The van der Waals surface area contributed by atoms with Crippen molar-refractivity contribution in [2.24, 2.45) is 0 Å². The number of hydrogen-bond donors (Lipinski definition) is 0. The number of unbranched alkanes of at least 4 members (excludes halogenated alkanes) is 7. The van der Waals surface area contributed by atoms with Crippen molar-refractivity contribution in [1.29, 1.82) is 0 Å². The van der Waals surface area contributed by atoms with Crippen LogP contribution in [-0.2, 0) is 42.6 Å². The first-order valence-electron chi connectivity index (χ1n) is 12.8. The molecule has 1 saturated heterocycles. The van der Waals surface area contributed by atoms with Gasteiger partial charge in [-0.1, -0.05) is 58.3 Å². The smallest absolute Gasteiger partial charge is 0.146 e. The average molecular weight is 495 g/mol. The summed E-state index contributed by atoms with van der Waals surface area (Å²) in [5.41, 5.74) is 0. The van der Waals surface area contributed by atoms with E-state index in [1.807, 2.05) is 0 Å². The molecular weight excluding hydrogens is 444 g/mol. The van der Waals surface area contributed by atoms with Crippen LogP contribution in [0.1, 0.15) is 64.7 Å². The molecule has 9 heteroatoms. The van der Waals surface area contributed by atoms with E-state index in [-0.39, 0.29) is 44.8 Å². The molecule has 1 aliphatic heterocycles. The van der Waals surface area contributed by atoms with Crippen molar-refractivity contribution in [3.8, 4) is 0 Å². The summed E-state index contributed by atoms with van der Waals surface area (Å²) in [5.74, 6) is 0. The highest BCUT2D eigenvalue weighted by Gasteiger charge is 2.27. The van der Waals surface area contributed by atoms with Gasteiger partial charge in [0.1, 0.15) is 38.7 Å². The molecule has 0 amide bonds. The van der Waals surface area contributed by atoms with E-state index < -0.39 is 0 Å². The Morgan fingerprint density at radius 1 is 0.676 bits per heavy atom. The van der Waals surface area contributed by atoms with Gasteiger partial charge in [-0.15, -0.1) is 0 Å². The number of epoxide rings is 1. The molecular formula is C25H50O9. The van der Waals surface area contributed by atoms with Crippen molar-refractivity contribution in [3.05, 3.63) is 0 Å². The van der Waals surface area contributed by atoms with Crippen LogP contribution in [0.2, 0.25) is 0 Å². The lowest BCUT2D eigenvalue weighted by Gasteiger charge is -2.27. The van der Waals surface area contributed by atoms with Crippen LogP contribution < -0.4 is 0 Å². The van der Waals surface area contributed by atoms with Gasteiger partial charge in [0.25, 0.3) is 0 Å². The molecule has 0 aromatic heterocycles. The first kappa shape index (κ1) is 31.7. The maximum atomic E-state index is 6.01. The first-order valence-corrected chi connectivity index (χ1v) is 12.8. The predicted octanol–water partition coefficient (Wildman–Crippen LogP) is 3.92. The van der Waals surface area contributed by atoms with Crippen molar-refractivity contribution < 1.29 is 42.6 Å². The third-order valence-corrected chi connectivity index (χ3v) is 5.59. The third-order valence-electron chi connectivity index (χ3n) is 5.59. The second-order valence-electron chi connectivity index (χ2n) is 8.71. The highest BCUT2D eigenvalue weighted by atomic mass is 16.7. The highest BCUT2D eigenvalue weighted by Crippen LogP contribution is 2.14. The van der Waals surface area contributed by atoms with Gasteiger partial charge in [0.15, 0.2) is 0 Å². The van der Waals surface area contributed by atoms with E-state index in [4.69, 9.17) is 42.6 Å². The second kappa shape index (κ2) is 23.1. The van der Waals surface area contributed by atoms with E-state index in [2.05, 4.69) is 6.92 Å². The zero-order valence-electron chi connectivity index (χ0n) is 22.0. The van der Waals surface area contributed by atoms with Crippen LogP contribution in [0, 0.1) is 0 Å². The van der Waals surface area contributed by atoms with Crippen molar-refractivity contribution in [2.75, 3.05) is 74.7 Å². The molecule has 1 fully saturated rings. The zero-order valence-corrected chi connectivity index (χ0v) is 22.0. The van der Waals surface area contributed by atoms with Gasteiger partial charge in [-0.2, -0.15) is 0 Å². The van der Waals surface area contributed by atoms with E-state index in [1.54, 1.807) is 21.3 Å². The normalized spacial score (nSPS) is 18.2. The molecule has 0 N–H and O–H groups in total. The minimum absolute atomic E-state index is 0.0234. The quantitative estimate of drug-likeness (QED) is 0.0958. The lowest BCUT2D eigenvalue weighted by atomic mass is 10.1. The molecule has 0 aliphatic carbocycles. The Kier molecular flexibility index (Phi) is 21.5. The first-order chi connectivity index (χ1) is 16.7. The summed E-state index contributed by atoms with van der Waals surface area (Å²) in [6, 6.07) is 0. The lowest BCUT2D eigenvalue weighted by Crippen LogP contribution is -2.41. The van der Waals surface area contributed by atoms with Crippen LogP contribution in [0.3, 0.4) is 0 Å². The van der Waals surface area contributed by atoms with E-state index in [9.17, 15) is 0 Å². The van der Waals surface area contributed by atoms with Gasteiger partial charge >= 0.3 is 0 Å². The number of methoxy groups -OCH3 is 3. The fourth-order valence-corrected chi connectivity index (χ4v) is 3.52. The number of rotatable bonds is 27. The number of hydrogen-bond acceptors (Lipinski definition) is 9. The molecule has 0 aromatic rings.